The van der Waals surface area contributed by atoms with E-state index in [1.54, 1.807) is 7.11 Å². The number of nitrogens with one attached hydrogen (secondary N) is 1. The van der Waals surface area contributed by atoms with Crippen molar-refractivity contribution < 1.29 is 14.3 Å². The quantitative estimate of drug-likeness (QED) is 0.847. The Morgan fingerprint density at radius 1 is 1.24 bits per heavy atom. The molecular weight excluding hydrogens is 266 g/mol. The summed E-state index contributed by atoms with van der Waals surface area (Å²) in [7, 11) is 3.09. The molecule has 1 aliphatic rings. The molecule has 1 aromatic rings. The van der Waals surface area contributed by atoms with Crippen molar-refractivity contribution in [3.63, 3.8) is 0 Å². The van der Waals surface area contributed by atoms with Crippen LogP contribution >= 0.6 is 0 Å². The van der Waals surface area contributed by atoms with E-state index >= 15 is 0 Å². The van der Waals surface area contributed by atoms with Gasteiger partial charge in [-0.2, -0.15) is 0 Å². The number of hydrogen-bond donors (Lipinski definition) is 1. The van der Waals surface area contributed by atoms with Gasteiger partial charge in [-0.05, 0) is 37.0 Å². The van der Waals surface area contributed by atoms with Crippen LogP contribution in [0.2, 0.25) is 0 Å². The molecule has 1 N–H and O–H groups in total. The Balaban J connectivity index is 2.18. The van der Waals surface area contributed by atoms with Crippen molar-refractivity contribution in [3.8, 4) is 5.75 Å². The second kappa shape index (κ2) is 7.46. The molecule has 0 aromatic heterocycles. The molecule has 21 heavy (non-hydrogen) atoms. The Morgan fingerprint density at radius 2 is 1.95 bits per heavy atom. The molecule has 1 atom stereocenters. The number of carbonyl (C=O) groups excluding carboxylic acids is 1. The van der Waals surface area contributed by atoms with E-state index in [-0.39, 0.29) is 5.97 Å². The van der Waals surface area contributed by atoms with E-state index in [4.69, 9.17) is 9.47 Å². The first kappa shape index (κ1) is 15.8. The van der Waals surface area contributed by atoms with Gasteiger partial charge in [0.15, 0.2) is 0 Å². The predicted octanol–water partition coefficient (Wildman–Crippen LogP) is 3.14. The molecule has 0 radical (unpaired) electrons. The molecule has 4 heteroatoms. The lowest BCUT2D eigenvalue weighted by atomic mass is 9.93. The second-order valence-corrected chi connectivity index (χ2v) is 5.69. The van der Waals surface area contributed by atoms with Gasteiger partial charge in [-0.15, -0.1) is 0 Å². The molecule has 2 rings (SSSR count). The lowest BCUT2D eigenvalue weighted by molar-refractivity contribution is -0.143. The van der Waals surface area contributed by atoms with Crippen molar-refractivity contribution in [2.24, 2.45) is 0 Å². The average Bonchev–Trinajstić information content (AvgIpc) is 2.53. The fourth-order valence-corrected chi connectivity index (χ4v) is 3.00. The van der Waals surface area contributed by atoms with Gasteiger partial charge in [0.2, 0.25) is 0 Å². The van der Waals surface area contributed by atoms with E-state index < -0.39 is 6.04 Å². The zero-order valence-corrected chi connectivity index (χ0v) is 13.1. The zero-order valence-electron chi connectivity index (χ0n) is 13.1. The van der Waals surface area contributed by atoms with Crippen molar-refractivity contribution >= 4 is 5.97 Å². The summed E-state index contributed by atoms with van der Waals surface area (Å²) in [6, 6.07) is 5.83. The van der Waals surface area contributed by atoms with E-state index in [0.717, 1.165) is 29.7 Å². The Bertz CT molecular complexity index is 481. The van der Waals surface area contributed by atoms with Crippen LogP contribution in [-0.2, 0) is 9.53 Å². The Labute approximate surface area is 126 Å². The zero-order chi connectivity index (χ0) is 15.2. The molecule has 1 fully saturated rings. The van der Waals surface area contributed by atoms with Crippen LogP contribution in [0.25, 0.3) is 0 Å². The van der Waals surface area contributed by atoms with Crippen LogP contribution in [0.1, 0.15) is 49.3 Å². The Kier molecular flexibility index (Phi) is 5.62. The van der Waals surface area contributed by atoms with Gasteiger partial charge in [0, 0.05) is 6.04 Å². The van der Waals surface area contributed by atoms with Gasteiger partial charge in [-0.1, -0.05) is 31.4 Å². The van der Waals surface area contributed by atoms with Gasteiger partial charge in [-0.25, -0.2) is 4.79 Å². The van der Waals surface area contributed by atoms with Crippen LogP contribution in [0, 0.1) is 6.92 Å². The van der Waals surface area contributed by atoms with E-state index in [9.17, 15) is 4.79 Å². The second-order valence-electron chi connectivity index (χ2n) is 5.69. The number of aryl methyl sites for hydroxylation is 1. The van der Waals surface area contributed by atoms with Gasteiger partial charge in [0.05, 0.1) is 14.2 Å². The number of methoxy groups -OCH3 is 2. The van der Waals surface area contributed by atoms with E-state index in [1.807, 2.05) is 25.1 Å². The molecule has 0 heterocycles. The van der Waals surface area contributed by atoms with Gasteiger partial charge in [0.1, 0.15) is 11.8 Å². The molecular formula is C17H25NO3. The smallest absolute Gasteiger partial charge is 0.327 e. The highest BCUT2D eigenvalue weighted by Gasteiger charge is 2.26. The molecule has 1 saturated carbocycles. The largest absolute Gasteiger partial charge is 0.496 e. The molecule has 116 valence electrons. The van der Waals surface area contributed by atoms with Crippen molar-refractivity contribution in [2.45, 2.75) is 51.1 Å². The van der Waals surface area contributed by atoms with Crippen LogP contribution in [0.5, 0.6) is 5.75 Å². The van der Waals surface area contributed by atoms with Crippen LogP contribution in [0.15, 0.2) is 18.2 Å². The molecule has 1 aromatic carbocycles. The highest BCUT2D eigenvalue weighted by atomic mass is 16.5. The van der Waals surface area contributed by atoms with Crippen molar-refractivity contribution in [1.82, 2.24) is 5.32 Å². The number of carbonyl (C=O) groups is 1. The maximum absolute atomic E-state index is 12.1. The molecule has 0 bridgehead atoms. The fraction of sp³-hybridized carbons (Fsp3) is 0.588. The summed E-state index contributed by atoms with van der Waals surface area (Å²) < 4.78 is 10.3. The maximum Gasteiger partial charge on any atom is 0.327 e. The van der Waals surface area contributed by atoms with E-state index in [2.05, 4.69) is 5.32 Å². The van der Waals surface area contributed by atoms with Crippen molar-refractivity contribution in [2.75, 3.05) is 14.2 Å². The monoisotopic (exact) mass is 291 g/mol. The van der Waals surface area contributed by atoms with Crippen molar-refractivity contribution in [1.29, 1.82) is 0 Å². The first-order chi connectivity index (χ1) is 10.2. The standard InChI is InChI=1S/C17H25NO3/c1-12-11-13(9-10-15(12)20-2)16(17(19)21-3)18-14-7-5-4-6-8-14/h9-11,14,16,18H,4-8H2,1-3H3. The predicted molar refractivity (Wildman–Crippen MR) is 82.5 cm³/mol. The SMILES string of the molecule is COC(=O)C(NC1CCCCC1)c1ccc(OC)c(C)c1. The fourth-order valence-electron chi connectivity index (χ4n) is 3.00. The summed E-state index contributed by atoms with van der Waals surface area (Å²) in [6.45, 7) is 1.98. The highest BCUT2D eigenvalue weighted by molar-refractivity contribution is 5.77. The first-order valence-electron chi connectivity index (χ1n) is 7.64. The Morgan fingerprint density at radius 3 is 2.52 bits per heavy atom. The van der Waals surface area contributed by atoms with Gasteiger partial charge in [-0.3, -0.25) is 5.32 Å². The molecule has 0 saturated heterocycles. The van der Waals surface area contributed by atoms with Crippen molar-refractivity contribution in [3.05, 3.63) is 29.3 Å². The van der Waals surface area contributed by atoms with E-state index in [1.165, 1.54) is 26.4 Å². The minimum absolute atomic E-state index is 0.231. The summed E-state index contributed by atoms with van der Waals surface area (Å²) in [6.07, 6.45) is 6.01. The average molecular weight is 291 g/mol. The van der Waals surface area contributed by atoms with E-state index in [0.29, 0.717) is 6.04 Å². The van der Waals surface area contributed by atoms with Crippen LogP contribution < -0.4 is 10.1 Å². The molecule has 4 nitrogen and oxygen atoms in total. The summed E-state index contributed by atoms with van der Waals surface area (Å²) >= 11 is 0. The number of esters is 1. The van der Waals surface area contributed by atoms with Gasteiger partial charge >= 0.3 is 5.97 Å². The molecule has 0 spiro atoms. The molecule has 0 amide bonds. The molecule has 0 aliphatic heterocycles. The third-order valence-electron chi connectivity index (χ3n) is 4.20. The minimum Gasteiger partial charge on any atom is -0.496 e. The topological polar surface area (TPSA) is 47.6 Å². The summed E-state index contributed by atoms with van der Waals surface area (Å²) in [4.78, 5) is 12.1. The summed E-state index contributed by atoms with van der Waals surface area (Å²) in [5, 5.41) is 3.47. The summed E-state index contributed by atoms with van der Waals surface area (Å²) in [5.74, 6) is 0.602. The summed E-state index contributed by atoms with van der Waals surface area (Å²) in [5.41, 5.74) is 1.96. The number of ether oxygens (including phenoxy) is 2. The third kappa shape index (κ3) is 3.97. The lowest BCUT2D eigenvalue weighted by Crippen LogP contribution is -2.38. The van der Waals surface area contributed by atoms with Gasteiger partial charge in [0.25, 0.3) is 0 Å². The van der Waals surface area contributed by atoms with Crippen LogP contribution in [-0.4, -0.2) is 26.2 Å². The molecule has 1 aliphatic carbocycles. The lowest BCUT2D eigenvalue weighted by Gasteiger charge is -2.27. The third-order valence-corrected chi connectivity index (χ3v) is 4.20. The minimum atomic E-state index is -0.400. The van der Waals surface area contributed by atoms with Crippen LogP contribution in [0.4, 0.5) is 0 Å². The highest BCUT2D eigenvalue weighted by Crippen LogP contribution is 2.26. The van der Waals surface area contributed by atoms with Crippen LogP contribution in [0.3, 0.4) is 0 Å². The maximum atomic E-state index is 12.1. The van der Waals surface area contributed by atoms with Gasteiger partial charge < -0.3 is 9.47 Å². The normalized spacial score (nSPS) is 17.3. The Hall–Kier alpha value is -1.55. The first-order valence-corrected chi connectivity index (χ1v) is 7.64. The molecule has 1 unspecified atom stereocenters. The number of benzene rings is 1. The number of hydrogen-bond acceptors (Lipinski definition) is 4. The number of rotatable bonds is 5.